The quantitative estimate of drug-likeness (QED) is 0.767. The Kier molecular flexibility index (Phi) is 2.28. The minimum atomic E-state index is 0.706. The lowest BCUT2D eigenvalue weighted by Crippen LogP contribution is -2.47. The van der Waals surface area contributed by atoms with Crippen molar-refractivity contribution in [3.8, 4) is 0 Å². The summed E-state index contributed by atoms with van der Waals surface area (Å²) in [4.78, 5) is 12.4. The number of aryl methyl sites for hydroxylation is 1. The number of hydrogen-bond acceptors (Lipinski definition) is 4. The Balaban J connectivity index is 1.66. The monoisotopic (exact) mass is 221 g/mol. The molecule has 0 amide bonds. The topological polar surface area (TPSA) is 61.2 Å². The average Bonchev–Trinajstić information content (AvgIpc) is 3.05. The number of aromatic nitrogens is 2. The van der Waals surface area contributed by atoms with Crippen LogP contribution < -0.4 is 10.6 Å². The molecule has 1 aliphatic heterocycles. The maximum absolute atomic E-state index is 5.91. The molecule has 5 nitrogen and oxygen atoms in total. The highest BCUT2D eigenvalue weighted by molar-refractivity contribution is 5.59. The van der Waals surface area contributed by atoms with Crippen molar-refractivity contribution in [1.29, 1.82) is 0 Å². The number of nitrogens with zero attached hydrogens (tertiary/aromatic N) is 3. The molecule has 1 aliphatic carbocycles. The number of rotatable bonds is 2. The third-order valence-corrected chi connectivity index (χ3v) is 3.51. The van der Waals surface area contributed by atoms with Gasteiger partial charge in [0.25, 0.3) is 0 Å². The maximum Gasteiger partial charge on any atom is 0.171 e. The molecule has 2 heterocycles. The lowest BCUT2D eigenvalue weighted by molar-refractivity contribution is 0.248. The highest BCUT2D eigenvalue weighted by atomic mass is 15.3. The van der Waals surface area contributed by atoms with Gasteiger partial charge in [-0.1, -0.05) is 0 Å². The molecule has 2 fully saturated rings. The van der Waals surface area contributed by atoms with Gasteiger partial charge in [0.05, 0.1) is 0 Å². The number of nitrogens with two attached hydrogens (primary N) is 1. The molecule has 16 heavy (non-hydrogen) atoms. The number of H-pyrrole nitrogens is 1. The lowest BCUT2D eigenvalue weighted by atomic mass is 10.3. The summed E-state index contributed by atoms with van der Waals surface area (Å²) in [5.41, 5.74) is 5.91. The fraction of sp³-hybridized carbons (Fsp3) is 0.727. The van der Waals surface area contributed by atoms with Gasteiger partial charge in [0.15, 0.2) is 5.82 Å². The van der Waals surface area contributed by atoms with Crippen LogP contribution in [0.25, 0.3) is 0 Å². The van der Waals surface area contributed by atoms with Crippen molar-refractivity contribution in [3.05, 3.63) is 5.82 Å². The van der Waals surface area contributed by atoms with E-state index in [9.17, 15) is 0 Å². The highest BCUT2D eigenvalue weighted by Gasteiger charge is 2.31. The van der Waals surface area contributed by atoms with E-state index in [4.69, 9.17) is 5.73 Å². The number of piperazine rings is 1. The van der Waals surface area contributed by atoms with E-state index >= 15 is 0 Å². The first kappa shape index (κ1) is 9.96. The second kappa shape index (κ2) is 3.66. The Hall–Kier alpha value is -1.23. The molecule has 1 saturated carbocycles. The van der Waals surface area contributed by atoms with Crippen LogP contribution in [-0.2, 0) is 0 Å². The molecule has 0 unspecified atom stereocenters. The number of imidazole rings is 1. The second-order valence-electron chi connectivity index (χ2n) is 4.81. The fourth-order valence-electron chi connectivity index (χ4n) is 2.48. The highest BCUT2D eigenvalue weighted by Crippen LogP contribution is 2.29. The number of hydrogen-bond donors (Lipinski definition) is 2. The van der Waals surface area contributed by atoms with Crippen molar-refractivity contribution in [2.24, 2.45) is 0 Å². The van der Waals surface area contributed by atoms with Crippen molar-refractivity contribution in [2.45, 2.75) is 25.8 Å². The van der Waals surface area contributed by atoms with Crippen LogP contribution in [-0.4, -0.2) is 47.1 Å². The first-order chi connectivity index (χ1) is 7.74. The van der Waals surface area contributed by atoms with Crippen molar-refractivity contribution in [2.75, 3.05) is 36.8 Å². The van der Waals surface area contributed by atoms with Crippen LogP contribution in [0, 0.1) is 6.92 Å². The van der Waals surface area contributed by atoms with Gasteiger partial charge in [0.1, 0.15) is 11.6 Å². The van der Waals surface area contributed by atoms with E-state index in [1.807, 2.05) is 6.92 Å². The standard InChI is InChI=1S/C11H19N5/c1-8-13-10(12)11(14-8)16-6-4-15(5-7-16)9-2-3-9/h9H,2-7,12H2,1H3,(H,13,14). The average molecular weight is 221 g/mol. The Morgan fingerprint density at radius 1 is 1.25 bits per heavy atom. The molecule has 3 rings (SSSR count). The van der Waals surface area contributed by atoms with Gasteiger partial charge in [0, 0.05) is 32.2 Å². The Labute approximate surface area is 95.6 Å². The molecule has 0 spiro atoms. The van der Waals surface area contributed by atoms with E-state index in [0.717, 1.165) is 43.9 Å². The zero-order valence-corrected chi connectivity index (χ0v) is 9.74. The van der Waals surface area contributed by atoms with Gasteiger partial charge < -0.3 is 15.6 Å². The summed E-state index contributed by atoms with van der Waals surface area (Å²) in [5.74, 6) is 2.54. The van der Waals surface area contributed by atoms with Gasteiger partial charge in [0.2, 0.25) is 0 Å². The van der Waals surface area contributed by atoms with Gasteiger partial charge >= 0.3 is 0 Å². The van der Waals surface area contributed by atoms with Crippen molar-refractivity contribution in [3.63, 3.8) is 0 Å². The molecule has 2 aliphatic rings. The van der Waals surface area contributed by atoms with Gasteiger partial charge in [-0.05, 0) is 19.8 Å². The van der Waals surface area contributed by atoms with Gasteiger partial charge in [-0.2, -0.15) is 0 Å². The van der Waals surface area contributed by atoms with Gasteiger partial charge in [-0.25, -0.2) is 4.98 Å². The predicted molar refractivity (Wildman–Crippen MR) is 64.5 cm³/mol. The summed E-state index contributed by atoms with van der Waals surface area (Å²) < 4.78 is 0. The van der Waals surface area contributed by atoms with Crippen molar-refractivity contribution in [1.82, 2.24) is 14.9 Å². The zero-order valence-electron chi connectivity index (χ0n) is 9.74. The molecule has 88 valence electrons. The smallest absolute Gasteiger partial charge is 0.171 e. The summed E-state index contributed by atoms with van der Waals surface area (Å²) >= 11 is 0. The van der Waals surface area contributed by atoms with Crippen LogP contribution in [0.4, 0.5) is 11.6 Å². The largest absolute Gasteiger partial charge is 0.382 e. The zero-order chi connectivity index (χ0) is 11.1. The molecule has 1 saturated heterocycles. The van der Waals surface area contributed by atoms with Crippen LogP contribution in [0.1, 0.15) is 18.7 Å². The van der Waals surface area contributed by atoms with Crippen molar-refractivity contribution < 1.29 is 0 Å². The molecule has 3 N–H and O–H groups in total. The van der Waals surface area contributed by atoms with Gasteiger partial charge in [-0.15, -0.1) is 0 Å². The maximum atomic E-state index is 5.91. The molecular weight excluding hydrogens is 202 g/mol. The summed E-state index contributed by atoms with van der Waals surface area (Å²) in [6.07, 6.45) is 2.79. The SMILES string of the molecule is Cc1nc(N2CCN(C3CC3)CC2)c(N)[nH]1. The second-order valence-corrected chi connectivity index (χ2v) is 4.81. The Bertz CT molecular complexity index is 374. The Morgan fingerprint density at radius 3 is 2.44 bits per heavy atom. The molecule has 1 aromatic heterocycles. The molecule has 1 aromatic rings. The number of nitrogens with one attached hydrogen (secondary N) is 1. The first-order valence-electron chi connectivity index (χ1n) is 6.05. The first-order valence-corrected chi connectivity index (χ1v) is 6.05. The fourth-order valence-corrected chi connectivity index (χ4v) is 2.48. The normalized spacial score (nSPS) is 22.7. The predicted octanol–water partition coefficient (Wildman–Crippen LogP) is 0.585. The van der Waals surface area contributed by atoms with Crippen LogP contribution >= 0.6 is 0 Å². The summed E-state index contributed by atoms with van der Waals surface area (Å²) in [6, 6.07) is 0.875. The third kappa shape index (κ3) is 1.75. The van der Waals surface area contributed by atoms with E-state index in [1.165, 1.54) is 12.8 Å². The van der Waals surface area contributed by atoms with Crippen molar-refractivity contribution >= 4 is 11.6 Å². The van der Waals surface area contributed by atoms with E-state index in [-0.39, 0.29) is 0 Å². The third-order valence-electron chi connectivity index (χ3n) is 3.51. The molecule has 0 bridgehead atoms. The van der Waals surface area contributed by atoms with E-state index < -0.39 is 0 Å². The number of aromatic amines is 1. The van der Waals surface area contributed by atoms with Crippen LogP contribution in [0.5, 0.6) is 0 Å². The molecule has 5 heteroatoms. The van der Waals surface area contributed by atoms with E-state index in [2.05, 4.69) is 19.8 Å². The minimum absolute atomic E-state index is 0.706. The van der Waals surface area contributed by atoms with Crippen LogP contribution in [0.15, 0.2) is 0 Å². The summed E-state index contributed by atoms with van der Waals surface area (Å²) in [5, 5.41) is 0. The molecule has 0 radical (unpaired) electrons. The summed E-state index contributed by atoms with van der Waals surface area (Å²) in [7, 11) is 0. The summed E-state index contributed by atoms with van der Waals surface area (Å²) in [6.45, 7) is 6.34. The molecular formula is C11H19N5. The minimum Gasteiger partial charge on any atom is -0.382 e. The number of anilines is 2. The number of nitrogen functional groups attached to an aromatic ring is 1. The lowest BCUT2D eigenvalue weighted by Gasteiger charge is -2.35. The Morgan fingerprint density at radius 2 is 1.94 bits per heavy atom. The van der Waals surface area contributed by atoms with E-state index in [1.54, 1.807) is 0 Å². The van der Waals surface area contributed by atoms with Crippen LogP contribution in [0.3, 0.4) is 0 Å². The van der Waals surface area contributed by atoms with Crippen LogP contribution in [0.2, 0.25) is 0 Å². The van der Waals surface area contributed by atoms with E-state index in [0.29, 0.717) is 5.82 Å². The van der Waals surface area contributed by atoms with Gasteiger partial charge in [-0.3, -0.25) is 4.90 Å². The molecule has 0 atom stereocenters. The molecule has 0 aromatic carbocycles.